The molecule has 13 nitrogen and oxygen atoms in total. The van der Waals surface area contributed by atoms with Crippen molar-refractivity contribution in [2.75, 3.05) is 32.0 Å². The third-order valence-corrected chi connectivity index (χ3v) is 6.21. The van der Waals surface area contributed by atoms with Crippen molar-refractivity contribution in [3.8, 4) is 0 Å². The Morgan fingerprint density at radius 1 is 0.810 bits per heavy atom. The SMILES string of the molecule is CNC(=O)[C@H](CCC(=O)NCCN[C@@H](Cc1ccccc1)C(C)=O)NC(=O)NC(=O)CCNc1ccc(C(=O)O)cc1. The van der Waals surface area contributed by atoms with Crippen molar-refractivity contribution >= 4 is 41.2 Å². The molecular formula is C29H38N6O7. The number of nitrogens with one attached hydrogen (secondary N) is 6. The van der Waals surface area contributed by atoms with Gasteiger partial charge in [-0.1, -0.05) is 30.3 Å². The molecule has 0 fully saturated rings. The number of anilines is 1. The number of imide groups is 1. The minimum atomic E-state index is -1.05. The lowest BCUT2D eigenvalue weighted by Gasteiger charge is -2.18. The fraction of sp³-hybridized carbons (Fsp3) is 0.379. The van der Waals surface area contributed by atoms with Gasteiger partial charge in [-0.2, -0.15) is 0 Å². The number of urea groups is 1. The Kier molecular flexibility index (Phi) is 14.2. The number of rotatable bonds is 17. The summed E-state index contributed by atoms with van der Waals surface area (Å²) < 4.78 is 0. The zero-order chi connectivity index (χ0) is 30.9. The molecule has 5 amide bonds. The van der Waals surface area contributed by atoms with Gasteiger partial charge in [0.25, 0.3) is 0 Å². The van der Waals surface area contributed by atoms with Gasteiger partial charge in [-0.15, -0.1) is 0 Å². The summed E-state index contributed by atoms with van der Waals surface area (Å²) in [6.45, 7) is 2.32. The highest BCUT2D eigenvalue weighted by Gasteiger charge is 2.22. The molecule has 0 heterocycles. The molecule has 2 atom stereocenters. The zero-order valence-corrected chi connectivity index (χ0v) is 23.7. The van der Waals surface area contributed by atoms with E-state index < -0.39 is 29.9 Å². The van der Waals surface area contributed by atoms with Crippen molar-refractivity contribution < 1.29 is 33.9 Å². The van der Waals surface area contributed by atoms with E-state index in [1.54, 1.807) is 12.1 Å². The number of aromatic carboxylic acids is 1. The maximum atomic E-state index is 12.3. The predicted molar refractivity (Wildman–Crippen MR) is 156 cm³/mol. The zero-order valence-electron chi connectivity index (χ0n) is 23.7. The van der Waals surface area contributed by atoms with Gasteiger partial charge in [-0.3, -0.25) is 24.5 Å². The number of carboxylic acids is 1. The van der Waals surface area contributed by atoms with Gasteiger partial charge < -0.3 is 31.7 Å². The summed E-state index contributed by atoms with van der Waals surface area (Å²) in [6.07, 6.45) is 0.410. The standard InChI is InChI=1S/C29H38N6O7/c1-19(36)24(18-20-6-4-3-5-7-20)32-16-17-33-25(37)13-12-23(27(39)30-2)34-29(42)35-26(38)14-15-31-22-10-8-21(9-11-22)28(40)41/h3-11,23-24,31-32H,12-18H2,1-2H3,(H,30,39)(H,33,37)(H,40,41)(H2,34,35,38,42)/t23-,24-/m0/s1. The first-order valence-electron chi connectivity index (χ1n) is 13.5. The molecule has 226 valence electrons. The average Bonchev–Trinajstić information content (AvgIpc) is 2.97. The van der Waals surface area contributed by atoms with Gasteiger partial charge in [0.15, 0.2) is 0 Å². The normalized spacial score (nSPS) is 11.9. The van der Waals surface area contributed by atoms with E-state index >= 15 is 0 Å². The summed E-state index contributed by atoms with van der Waals surface area (Å²) in [5, 5.41) is 24.7. The summed E-state index contributed by atoms with van der Waals surface area (Å²) >= 11 is 0. The molecule has 0 aliphatic carbocycles. The van der Waals surface area contributed by atoms with E-state index in [-0.39, 0.29) is 55.6 Å². The lowest BCUT2D eigenvalue weighted by molar-refractivity contribution is -0.124. The number of hydrogen-bond acceptors (Lipinski definition) is 8. The van der Waals surface area contributed by atoms with Crippen LogP contribution in [0.2, 0.25) is 0 Å². The second-order valence-corrected chi connectivity index (χ2v) is 9.44. The van der Waals surface area contributed by atoms with E-state index in [0.717, 1.165) is 5.56 Å². The Balaban J connectivity index is 1.70. The number of Topliss-reactive ketones (excluding diaryl/α,β-unsaturated/α-hetero) is 1. The molecule has 42 heavy (non-hydrogen) atoms. The minimum absolute atomic E-state index is 0.00147. The van der Waals surface area contributed by atoms with E-state index in [1.165, 1.54) is 26.1 Å². The van der Waals surface area contributed by atoms with Crippen molar-refractivity contribution in [2.45, 2.75) is 44.7 Å². The van der Waals surface area contributed by atoms with Crippen LogP contribution in [0.1, 0.15) is 42.1 Å². The van der Waals surface area contributed by atoms with Crippen LogP contribution in [0.15, 0.2) is 54.6 Å². The van der Waals surface area contributed by atoms with Crippen molar-refractivity contribution in [1.29, 1.82) is 0 Å². The molecule has 0 radical (unpaired) electrons. The highest BCUT2D eigenvalue weighted by Crippen LogP contribution is 2.09. The van der Waals surface area contributed by atoms with Gasteiger partial charge in [-0.05, 0) is 49.6 Å². The van der Waals surface area contributed by atoms with Crippen molar-refractivity contribution in [1.82, 2.24) is 26.6 Å². The second-order valence-electron chi connectivity index (χ2n) is 9.44. The van der Waals surface area contributed by atoms with Crippen LogP contribution in [-0.2, 0) is 25.6 Å². The summed E-state index contributed by atoms with van der Waals surface area (Å²) in [6, 6.07) is 13.2. The quantitative estimate of drug-likeness (QED) is 0.132. The number of benzene rings is 2. The third-order valence-electron chi connectivity index (χ3n) is 6.21. The monoisotopic (exact) mass is 582 g/mol. The van der Waals surface area contributed by atoms with Gasteiger partial charge >= 0.3 is 12.0 Å². The molecule has 0 bridgehead atoms. The molecule has 2 aromatic rings. The molecule has 0 spiro atoms. The van der Waals surface area contributed by atoms with Crippen LogP contribution >= 0.6 is 0 Å². The topological polar surface area (TPSA) is 195 Å². The van der Waals surface area contributed by atoms with Gasteiger partial charge in [-0.25, -0.2) is 9.59 Å². The second kappa shape index (κ2) is 17.8. The van der Waals surface area contributed by atoms with Crippen molar-refractivity contribution in [2.24, 2.45) is 0 Å². The summed E-state index contributed by atoms with van der Waals surface area (Å²) in [5.74, 6) is -2.52. The minimum Gasteiger partial charge on any atom is -0.478 e. The molecular weight excluding hydrogens is 544 g/mol. The fourth-order valence-corrected chi connectivity index (χ4v) is 3.90. The largest absolute Gasteiger partial charge is 0.478 e. The fourth-order valence-electron chi connectivity index (χ4n) is 3.90. The van der Waals surface area contributed by atoms with Crippen LogP contribution in [-0.4, -0.2) is 79.4 Å². The number of ketones is 1. The third kappa shape index (κ3) is 12.6. The Morgan fingerprint density at radius 2 is 1.50 bits per heavy atom. The highest BCUT2D eigenvalue weighted by molar-refractivity contribution is 5.96. The van der Waals surface area contributed by atoms with Crippen molar-refractivity contribution in [3.63, 3.8) is 0 Å². The van der Waals surface area contributed by atoms with E-state index in [2.05, 4.69) is 31.9 Å². The molecule has 0 aliphatic rings. The Labute approximate surface area is 244 Å². The van der Waals surface area contributed by atoms with Gasteiger partial charge in [0, 0.05) is 45.2 Å². The van der Waals surface area contributed by atoms with Crippen LogP contribution in [0.4, 0.5) is 10.5 Å². The average molecular weight is 583 g/mol. The number of carbonyl (C=O) groups is 6. The van der Waals surface area contributed by atoms with Crippen LogP contribution in [0.25, 0.3) is 0 Å². The van der Waals surface area contributed by atoms with E-state index in [1.807, 2.05) is 30.3 Å². The molecule has 2 rings (SSSR count). The first kappa shape index (κ1) is 33.4. The molecule has 0 saturated heterocycles. The number of carbonyl (C=O) groups excluding carboxylic acids is 5. The van der Waals surface area contributed by atoms with E-state index in [9.17, 15) is 28.8 Å². The molecule has 0 aromatic heterocycles. The maximum Gasteiger partial charge on any atom is 0.335 e. The number of carboxylic acid groups (broad SMARTS) is 1. The maximum absolute atomic E-state index is 12.3. The van der Waals surface area contributed by atoms with Crippen molar-refractivity contribution in [3.05, 3.63) is 65.7 Å². The first-order chi connectivity index (χ1) is 20.1. The van der Waals surface area contributed by atoms with Gasteiger partial charge in [0.2, 0.25) is 17.7 Å². The predicted octanol–water partition coefficient (Wildman–Crippen LogP) is 0.814. The van der Waals surface area contributed by atoms with E-state index in [0.29, 0.717) is 18.7 Å². The molecule has 0 unspecified atom stereocenters. The molecule has 13 heteroatoms. The number of likely N-dealkylation sites (N-methyl/N-ethyl adjacent to an activating group) is 1. The Morgan fingerprint density at radius 3 is 2.12 bits per heavy atom. The molecule has 7 N–H and O–H groups in total. The van der Waals surface area contributed by atoms with E-state index in [4.69, 9.17) is 5.11 Å². The van der Waals surface area contributed by atoms with Crippen LogP contribution in [0, 0.1) is 0 Å². The Hall–Kier alpha value is -4.78. The summed E-state index contributed by atoms with van der Waals surface area (Å²) in [4.78, 5) is 71.8. The lowest BCUT2D eigenvalue weighted by Crippen LogP contribution is -2.51. The van der Waals surface area contributed by atoms with Crippen LogP contribution in [0.3, 0.4) is 0 Å². The Bertz CT molecular complexity index is 1220. The number of hydrogen-bond donors (Lipinski definition) is 7. The molecule has 0 aliphatic heterocycles. The lowest BCUT2D eigenvalue weighted by atomic mass is 10.0. The van der Waals surface area contributed by atoms with Crippen LogP contribution in [0.5, 0.6) is 0 Å². The number of amides is 5. The van der Waals surface area contributed by atoms with Crippen LogP contribution < -0.4 is 31.9 Å². The van der Waals surface area contributed by atoms with Gasteiger partial charge in [0.05, 0.1) is 11.6 Å². The summed E-state index contributed by atoms with van der Waals surface area (Å²) in [7, 11) is 1.39. The first-order valence-corrected chi connectivity index (χ1v) is 13.5. The van der Waals surface area contributed by atoms with Gasteiger partial charge in [0.1, 0.15) is 11.8 Å². The summed E-state index contributed by atoms with van der Waals surface area (Å²) in [5.41, 5.74) is 1.76. The smallest absolute Gasteiger partial charge is 0.335 e. The molecule has 0 saturated carbocycles. The highest BCUT2D eigenvalue weighted by atomic mass is 16.4. The molecule has 2 aromatic carbocycles.